The van der Waals surface area contributed by atoms with Gasteiger partial charge in [0.15, 0.2) is 0 Å². The molecule has 3 heteroatoms. The molecule has 1 unspecified atom stereocenters. The molecule has 1 N–H and O–H groups in total. The smallest absolute Gasteiger partial charge is 0.104 e. The van der Waals surface area contributed by atoms with Crippen LogP contribution in [0.1, 0.15) is 52.5 Å². The first-order chi connectivity index (χ1) is 9.82. The lowest BCUT2D eigenvalue weighted by Crippen LogP contribution is -2.42. The van der Waals surface area contributed by atoms with Crippen LogP contribution in [0.2, 0.25) is 0 Å². The average Bonchev–Trinajstić information content (AvgIpc) is 3.22. The van der Waals surface area contributed by atoms with Crippen molar-refractivity contribution in [3.63, 3.8) is 0 Å². The highest BCUT2D eigenvalue weighted by atomic mass is 32.2. The summed E-state index contributed by atoms with van der Waals surface area (Å²) in [4.78, 5) is 1.29. The van der Waals surface area contributed by atoms with Gasteiger partial charge in [-0.15, -0.1) is 11.8 Å². The Labute approximate surface area is 133 Å². The van der Waals surface area contributed by atoms with Gasteiger partial charge in [0, 0.05) is 16.7 Å². The highest BCUT2D eigenvalue weighted by Gasteiger charge is 2.32. The second-order valence-corrected chi connectivity index (χ2v) is 8.40. The Bertz CT molecular complexity index is 506. The van der Waals surface area contributed by atoms with Crippen molar-refractivity contribution in [1.82, 2.24) is 5.32 Å². The van der Waals surface area contributed by atoms with Crippen molar-refractivity contribution in [3.8, 4) is 6.07 Å². The van der Waals surface area contributed by atoms with Gasteiger partial charge in [-0.1, -0.05) is 32.9 Å². The van der Waals surface area contributed by atoms with Crippen LogP contribution in [-0.2, 0) is 5.41 Å². The van der Waals surface area contributed by atoms with E-state index in [9.17, 15) is 5.26 Å². The lowest BCUT2D eigenvalue weighted by atomic mass is 9.87. The van der Waals surface area contributed by atoms with E-state index in [4.69, 9.17) is 0 Å². The Hall–Kier alpha value is -0.980. The third-order valence-corrected chi connectivity index (χ3v) is 4.95. The molecule has 1 atom stereocenters. The van der Waals surface area contributed by atoms with Gasteiger partial charge in [-0.25, -0.2) is 0 Å². The standard InChI is InChI=1S/C18H26N2S/c1-17(2,3)14-5-9-16(10-6-14)21-12-11-18(4,13-19)20-15-7-8-15/h5-6,9-10,15,20H,7-8,11-12H2,1-4H3. The lowest BCUT2D eigenvalue weighted by molar-refractivity contribution is 0.434. The normalized spacial score (nSPS) is 18.0. The van der Waals surface area contributed by atoms with E-state index >= 15 is 0 Å². The molecule has 0 saturated heterocycles. The molecule has 0 radical (unpaired) electrons. The van der Waals surface area contributed by atoms with Gasteiger partial charge in [-0.2, -0.15) is 5.26 Å². The molecular formula is C18H26N2S. The van der Waals surface area contributed by atoms with Crippen LogP contribution >= 0.6 is 11.8 Å². The fourth-order valence-corrected chi connectivity index (χ4v) is 3.34. The van der Waals surface area contributed by atoms with Gasteiger partial charge in [0.2, 0.25) is 0 Å². The number of nitrogens with one attached hydrogen (secondary N) is 1. The summed E-state index contributed by atoms with van der Waals surface area (Å²) in [6.45, 7) is 8.72. The average molecular weight is 302 g/mol. The zero-order valence-electron chi connectivity index (χ0n) is 13.6. The summed E-state index contributed by atoms with van der Waals surface area (Å²) in [6, 6.07) is 11.8. The van der Waals surface area contributed by atoms with Crippen molar-refractivity contribution in [2.75, 3.05) is 5.75 Å². The molecule has 0 aromatic heterocycles. The molecule has 1 aliphatic rings. The maximum absolute atomic E-state index is 9.36. The van der Waals surface area contributed by atoms with Crippen LogP contribution in [0.3, 0.4) is 0 Å². The van der Waals surface area contributed by atoms with E-state index in [0.29, 0.717) is 6.04 Å². The SMILES string of the molecule is CC(C#N)(CCSc1ccc(C(C)(C)C)cc1)NC1CC1. The van der Waals surface area contributed by atoms with Crippen molar-refractivity contribution < 1.29 is 0 Å². The summed E-state index contributed by atoms with van der Waals surface area (Å²) < 4.78 is 0. The van der Waals surface area contributed by atoms with E-state index in [1.807, 2.05) is 18.7 Å². The minimum atomic E-state index is -0.375. The largest absolute Gasteiger partial charge is 0.297 e. The van der Waals surface area contributed by atoms with Crippen LogP contribution in [0.15, 0.2) is 29.2 Å². The molecule has 0 bridgehead atoms. The van der Waals surface area contributed by atoms with E-state index in [-0.39, 0.29) is 11.0 Å². The van der Waals surface area contributed by atoms with E-state index in [1.54, 1.807) is 0 Å². The van der Waals surface area contributed by atoms with E-state index < -0.39 is 0 Å². The number of nitriles is 1. The second kappa shape index (κ2) is 6.42. The first-order valence-electron chi connectivity index (χ1n) is 7.75. The van der Waals surface area contributed by atoms with Gasteiger partial charge < -0.3 is 0 Å². The van der Waals surface area contributed by atoms with E-state index in [0.717, 1.165) is 12.2 Å². The van der Waals surface area contributed by atoms with Gasteiger partial charge >= 0.3 is 0 Å². The summed E-state index contributed by atoms with van der Waals surface area (Å²) in [5, 5.41) is 12.8. The number of thioether (sulfide) groups is 1. The highest BCUT2D eigenvalue weighted by Crippen LogP contribution is 2.28. The van der Waals surface area contributed by atoms with Gasteiger partial charge in [-0.05, 0) is 49.3 Å². The third kappa shape index (κ3) is 5.05. The molecule has 21 heavy (non-hydrogen) atoms. The Balaban J connectivity index is 1.84. The van der Waals surface area contributed by atoms with Crippen LogP contribution in [0.25, 0.3) is 0 Å². The van der Waals surface area contributed by atoms with E-state index in [2.05, 4.69) is 56.4 Å². The van der Waals surface area contributed by atoms with Crippen molar-refractivity contribution in [1.29, 1.82) is 5.26 Å². The Morgan fingerprint density at radius 3 is 2.29 bits per heavy atom. The van der Waals surface area contributed by atoms with Crippen molar-refractivity contribution in [3.05, 3.63) is 29.8 Å². The molecule has 1 saturated carbocycles. The van der Waals surface area contributed by atoms with Crippen LogP contribution in [0.4, 0.5) is 0 Å². The molecule has 0 aliphatic heterocycles. The first-order valence-corrected chi connectivity index (χ1v) is 8.73. The number of nitrogens with zero attached hydrogens (tertiary/aromatic N) is 1. The fourth-order valence-electron chi connectivity index (χ4n) is 2.26. The molecule has 0 amide bonds. The molecular weight excluding hydrogens is 276 g/mol. The van der Waals surface area contributed by atoms with Crippen molar-refractivity contribution in [2.45, 2.75) is 68.8 Å². The van der Waals surface area contributed by atoms with Gasteiger partial charge in [0.05, 0.1) is 6.07 Å². The molecule has 1 aromatic rings. The molecule has 1 aliphatic carbocycles. The lowest BCUT2D eigenvalue weighted by Gasteiger charge is -2.23. The van der Waals surface area contributed by atoms with Crippen molar-refractivity contribution >= 4 is 11.8 Å². The first kappa shape index (κ1) is 16.4. The quantitative estimate of drug-likeness (QED) is 0.786. The number of rotatable bonds is 6. The summed E-state index contributed by atoms with van der Waals surface area (Å²) in [6.07, 6.45) is 3.32. The van der Waals surface area contributed by atoms with Crippen LogP contribution in [0, 0.1) is 11.3 Å². The minimum Gasteiger partial charge on any atom is -0.297 e. The van der Waals surface area contributed by atoms with Crippen LogP contribution in [-0.4, -0.2) is 17.3 Å². The summed E-state index contributed by atoms with van der Waals surface area (Å²) in [5.74, 6) is 0.971. The predicted octanol–water partition coefficient (Wildman–Crippen LogP) is 4.50. The van der Waals surface area contributed by atoms with Crippen molar-refractivity contribution in [2.24, 2.45) is 0 Å². The fraction of sp³-hybridized carbons (Fsp3) is 0.611. The molecule has 1 fully saturated rings. The van der Waals surface area contributed by atoms with Gasteiger partial charge in [0.25, 0.3) is 0 Å². The number of hydrogen-bond donors (Lipinski definition) is 1. The highest BCUT2D eigenvalue weighted by molar-refractivity contribution is 7.99. The number of benzene rings is 1. The summed E-state index contributed by atoms with van der Waals surface area (Å²) in [7, 11) is 0. The summed E-state index contributed by atoms with van der Waals surface area (Å²) >= 11 is 1.84. The molecule has 0 spiro atoms. The van der Waals surface area contributed by atoms with Crippen LogP contribution in [0.5, 0.6) is 0 Å². The zero-order chi connectivity index (χ0) is 15.5. The maximum atomic E-state index is 9.36. The minimum absolute atomic E-state index is 0.205. The topological polar surface area (TPSA) is 35.8 Å². The van der Waals surface area contributed by atoms with Gasteiger partial charge in [-0.3, -0.25) is 5.32 Å². The Morgan fingerprint density at radius 1 is 1.19 bits per heavy atom. The molecule has 2 rings (SSSR count). The Morgan fingerprint density at radius 2 is 1.81 bits per heavy atom. The Kier molecular flexibility index (Phi) is 5.01. The molecule has 114 valence electrons. The number of hydrogen-bond acceptors (Lipinski definition) is 3. The van der Waals surface area contributed by atoms with E-state index in [1.165, 1.54) is 23.3 Å². The van der Waals surface area contributed by atoms with Crippen LogP contribution < -0.4 is 5.32 Å². The molecule has 0 heterocycles. The molecule has 2 nitrogen and oxygen atoms in total. The monoisotopic (exact) mass is 302 g/mol. The summed E-state index contributed by atoms with van der Waals surface area (Å²) in [5.41, 5.74) is 1.19. The predicted molar refractivity (Wildman–Crippen MR) is 90.7 cm³/mol. The molecule has 1 aromatic carbocycles. The zero-order valence-corrected chi connectivity index (χ0v) is 14.4. The van der Waals surface area contributed by atoms with Gasteiger partial charge in [0.1, 0.15) is 5.54 Å². The second-order valence-electron chi connectivity index (χ2n) is 7.24. The maximum Gasteiger partial charge on any atom is 0.104 e. The third-order valence-electron chi connectivity index (χ3n) is 3.94.